The Kier molecular flexibility index (Phi) is 3.39. The van der Waals surface area contributed by atoms with E-state index in [4.69, 9.17) is 5.11 Å². The highest BCUT2D eigenvalue weighted by atomic mass is 16.4. The Hall–Kier alpha value is -1.88. The maximum atomic E-state index is 11.0. The summed E-state index contributed by atoms with van der Waals surface area (Å²) < 4.78 is 0. The zero-order chi connectivity index (χ0) is 12.3. The third-order valence-corrected chi connectivity index (χ3v) is 2.66. The number of benzene rings is 1. The van der Waals surface area contributed by atoms with Crippen molar-refractivity contribution < 1.29 is 9.90 Å². The fourth-order valence-electron chi connectivity index (χ4n) is 1.86. The second-order valence-electron chi connectivity index (χ2n) is 3.87. The fraction of sp³-hybridized carbons (Fsp3) is 0.333. The number of hydrogen-bond donors (Lipinski definition) is 2. The number of aliphatic imine (C=N–C) groups is 1. The summed E-state index contributed by atoms with van der Waals surface area (Å²) in [6, 6.07) is 7.78. The van der Waals surface area contributed by atoms with Gasteiger partial charge in [0.05, 0.1) is 13.1 Å². The molecule has 0 saturated carbocycles. The van der Waals surface area contributed by atoms with E-state index < -0.39 is 6.09 Å². The molecule has 0 bridgehead atoms. The molecule has 1 aromatic rings. The van der Waals surface area contributed by atoms with Gasteiger partial charge in [0.25, 0.3) is 0 Å². The second-order valence-corrected chi connectivity index (χ2v) is 3.87. The molecular weight excluding hydrogens is 218 g/mol. The minimum absolute atomic E-state index is 0.447. The molecule has 2 rings (SSSR count). The van der Waals surface area contributed by atoms with Gasteiger partial charge >= 0.3 is 6.09 Å². The van der Waals surface area contributed by atoms with Crippen LogP contribution in [0.15, 0.2) is 29.3 Å². The Morgan fingerprint density at radius 1 is 1.47 bits per heavy atom. The monoisotopic (exact) mass is 233 g/mol. The zero-order valence-corrected chi connectivity index (χ0v) is 9.68. The van der Waals surface area contributed by atoms with E-state index in [2.05, 4.69) is 10.3 Å². The minimum Gasteiger partial charge on any atom is -0.465 e. The van der Waals surface area contributed by atoms with Gasteiger partial charge in [0.15, 0.2) is 0 Å². The van der Waals surface area contributed by atoms with E-state index in [0.29, 0.717) is 18.9 Å². The van der Waals surface area contributed by atoms with Gasteiger partial charge in [0.2, 0.25) is 0 Å². The minimum atomic E-state index is -0.944. The summed E-state index contributed by atoms with van der Waals surface area (Å²) in [5.41, 5.74) is 2.02. The summed E-state index contributed by atoms with van der Waals surface area (Å²) in [5, 5.41) is 12.1. The molecule has 2 N–H and O–H groups in total. The van der Waals surface area contributed by atoms with Crippen molar-refractivity contribution in [2.45, 2.75) is 6.54 Å². The van der Waals surface area contributed by atoms with Crippen LogP contribution in [0.1, 0.15) is 11.1 Å². The van der Waals surface area contributed by atoms with Crippen molar-refractivity contribution >= 4 is 11.9 Å². The van der Waals surface area contributed by atoms with Crippen molar-refractivity contribution in [2.75, 3.05) is 20.1 Å². The van der Waals surface area contributed by atoms with Crippen LogP contribution in [0, 0.1) is 0 Å². The Morgan fingerprint density at radius 2 is 2.18 bits per heavy atom. The highest BCUT2D eigenvalue weighted by Gasteiger charge is 2.23. The Bertz CT molecular complexity index is 440. The van der Waals surface area contributed by atoms with E-state index in [1.54, 1.807) is 0 Å². The average molecular weight is 233 g/mol. The van der Waals surface area contributed by atoms with Crippen LogP contribution in [-0.2, 0) is 6.54 Å². The number of carboxylic acid groups (broad SMARTS) is 1. The molecular formula is C12H15N3O2. The molecule has 0 saturated heterocycles. The van der Waals surface area contributed by atoms with Crippen molar-refractivity contribution in [2.24, 2.45) is 4.99 Å². The number of nitrogens with zero attached hydrogens (tertiary/aromatic N) is 2. The SMILES string of the molecule is CNCc1ccc(C2=NCCN2C(=O)O)cc1. The first-order valence-electron chi connectivity index (χ1n) is 5.51. The standard InChI is InChI=1S/C12H15N3O2/c1-13-8-9-2-4-10(5-3-9)11-14-6-7-15(11)12(16)17/h2-5,13H,6-8H2,1H3,(H,16,17). The molecule has 0 radical (unpaired) electrons. The number of nitrogens with one attached hydrogen (secondary N) is 1. The molecule has 1 heterocycles. The Balaban J connectivity index is 2.19. The first-order valence-corrected chi connectivity index (χ1v) is 5.51. The molecule has 0 aliphatic carbocycles. The number of carbonyl (C=O) groups is 1. The summed E-state index contributed by atoms with van der Waals surface area (Å²) in [6.45, 7) is 1.79. The maximum absolute atomic E-state index is 11.0. The smallest absolute Gasteiger partial charge is 0.413 e. The molecule has 1 aromatic carbocycles. The number of amides is 1. The van der Waals surface area contributed by atoms with Gasteiger partial charge < -0.3 is 10.4 Å². The van der Waals surface area contributed by atoms with E-state index in [-0.39, 0.29) is 0 Å². The van der Waals surface area contributed by atoms with Crippen LogP contribution in [0.5, 0.6) is 0 Å². The van der Waals surface area contributed by atoms with Gasteiger partial charge in [-0.15, -0.1) is 0 Å². The summed E-state index contributed by atoms with van der Waals surface area (Å²) in [5.74, 6) is 0.550. The zero-order valence-electron chi connectivity index (χ0n) is 9.68. The van der Waals surface area contributed by atoms with E-state index in [9.17, 15) is 4.79 Å². The molecule has 0 unspecified atom stereocenters. The first kappa shape index (κ1) is 11.6. The largest absolute Gasteiger partial charge is 0.465 e. The van der Waals surface area contributed by atoms with Gasteiger partial charge in [-0.2, -0.15) is 0 Å². The molecule has 17 heavy (non-hydrogen) atoms. The predicted octanol–water partition coefficient (Wildman–Crippen LogP) is 1.15. The quantitative estimate of drug-likeness (QED) is 0.823. The van der Waals surface area contributed by atoms with Gasteiger partial charge in [-0.25, -0.2) is 4.79 Å². The van der Waals surface area contributed by atoms with Crippen LogP contribution in [-0.4, -0.2) is 42.1 Å². The van der Waals surface area contributed by atoms with Gasteiger partial charge in [-0.05, 0) is 12.6 Å². The third kappa shape index (κ3) is 2.45. The topological polar surface area (TPSA) is 64.9 Å². The summed E-state index contributed by atoms with van der Waals surface area (Å²) in [4.78, 5) is 16.5. The highest BCUT2D eigenvalue weighted by Crippen LogP contribution is 2.12. The lowest BCUT2D eigenvalue weighted by molar-refractivity contribution is 0.172. The van der Waals surface area contributed by atoms with Crippen molar-refractivity contribution in [3.05, 3.63) is 35.4 Å². The van der Waals surface area contributed by atoms with Crippen molar-refractivity contribution in [1.29, 1.82) is 0 Å². The van der Waals surface area contributed by atoms with Gasteiger partial charge in [-0.1, -0.05) is 24.3 Å². The molecule has 0 spiro atoms. The Morgan fingerprint density at radius 3 is 2.76 bits per heavy atom. The third-order valence-electron chi connectivity index (χ3n) is 2.66. The molecule has 1 aliphatic heterocycles. The molecule has 1 amide bonds. The second kappa shape index (κ2) is 4.97. The summed E-state index contributed by atoms with van der Waals surface area (Å²) >= 11 is 0. The van der Waals surface area contributed by atoms with E-state index in [0.717, 1.165) is 17.7 Å². The fourth-order valence-corrected chi connectivity index (χ4v) is 1.86. The maximum Gasteiger partial charge on any atom is 0.413 e. The van der Waals surface area contributed by atoms with Crippen LogP contribution in [0.3, 0.4) is 0 Å². The number of rotatable bonds is 3. The molecule has 0 atom stereocenters. The first-order chi connectivity index (χ1) is 8.22. The normalized spacial score (nSPS) is 14.9. The van der Waals surface area contributed by atoms with Crippen LogP contribution < -0.4 is 5.32 Å². The summed E-state index contributed by atoms with van der Waals surface area (Å²) in [7, 11) is 1.89. The molecule has 0 fully saturated rings. The Labute approximate surface area is 99.8 Å². The van der Waals surface area contributed by atoms with Crippen molar-refractivity contribution in [3.8, 4) is 0 Å². The predicted molar refractivity (Wildman–Crippen MR) is 65.3 cm³/mol. The lowest BCUT2D eigenvalue weighted by Gasteiger charge is -2.14. The molecule has 0 aromatic heterocycles. The van der Waals surface area contributed by atoms with Crippen LogP contribution in [0.2, 0.25) is 0 Å². The number of amidine groups is 1. The number of hydrogen-bond acceptors (Lipinski definition) is 3. The van der Waals surface area contributed by atoms with E-state index >= 15 is 0 Å². The van der Waals surface area contributed by atoms with Gasteiger partial charge in [-0.3, -0.25) is 9.89 Å². The summed E-state index contributed by atoms with van der Waals surface area (Å²) in [6.07, 6.45) is -0.944. The molecule has 90 valence electrons. The molecule has 5 heteroatoms. The molecule has 1 aliphatic rings. The van der Waals surface area contributed by atoms with Crippen molar-refractivity contribution in [3.63, 3.8) is 0 Å². The van der Waals surface area contributed by atoms with Gasteiger partial charge in [0.1, 0.15) is 5.84 Å². The highest BCUT2D eigenvalue weighted by molar-refractivity contribution is 6.07. The van der Waals surface area contributed by atoms with Crippen molar-refractivity contribution in [1.82, 2.24) is 10.2 Å². The average Bonchev–Trinajstić information content (AvgIpc) is 2.79. The molecule has 5 nitrogen and oxygen atoms in total. The lowest BCUT2D eigenvalue weighted by Crippen LogP contribution is -2.33. The van der Waals surface area contributed by atoms with Gasteiger partial charge in [0, 0.05) is 12.1 Å². The van der Waals surface area contributed by atoms with E-state index in [1.165, 1.54) is 4.90 Å². The van der Waals surface area contributed by atoms with E-state index in [1.807, 2.05) is 31.3 Å². The van der Waals surface area contributed by atoms with Crippen LogP contribution in [0.25, 0.3) is 0 Å². The van der Waals surface area contributed by atoms with Crippen LogP contribution in [0.4, 0.5) is 4.79 Å². The lowest BCUT2D eigenvalue weighted by atomic mass is 10.1. The van der Waals surface area contributed by atoms with Crippen LogP contribution >= 0.6 is 0 Å².